The molecule has 2 saturated carbocycles. The Morgan fingerprint density at radius 3 is 1.80 bits per heavy atom. The van der Waals surface area contributed by atoms with E-state index in [1.165, 1.54) is 22.2 Å². The molecule has 0 atom stereocenters. The number of rotatable bonds is 13. The van der Waals surface area contributed by atoms with Gasteiger partial charge < -0.3 is 25.4 Å². The summed E-state index contributed by atoms with van der Waals surface area (Å²) >= 11 is 0. The summed E-state index contributed by atoms with van der Waals surface area (Å²) in [6, 6.07) is 3.31. The van der Waals surface area contributed by atoms with Gasteiger partial charge in [-0.05, 0) is 95.0 Å². The van der Waals surface area contributed by atoms with Gasteiger partial charge in [-0.3, -0.25) is 4.79 Å². The topological polar surface area (TPSA) is 101 Å². The summed E-state index contributed by atoms with van der Waals surface area (Å²) in [5.41, 5.74) is -2.03. The molecule has 276 valence electrons. The van der Waals surface area contributed by atoms with Crippen molar-refractivity contribution < 1.29 is 31.1 Å². The molecule has 2 N–H and O–H groups in total. The molecule has 2 aliphatic carbocycles. The summed E-state index contributed by atoms with van der Waals surface area (Å²) in [6.07, 6.45) is -3.18. The molecule has 2 aliphatic rings. The molecule has 0 saturated heterocycles. The molecule has 0 aliphatic heterocycles. The molecule has 1 amide bonds. The van der Waals surface area contributed by atoms with Gasteiger partial charge in [-0.2, -0.15) is 26.3 Å². The predicted molar refractivity (Wildman–Crippen MR) is 184 cm³/mol. The molecule has 2 fully saturated rings. The van der Waals surface area contributed by atoms with Crippen molar-refractivity contribution in [3.63, 3.8) is 0 Å². The van der Waals surface area contributed by atoms with Crippen LogP contribution in [0.5, 0.6) is 0 Å². The molecule has 15 heteroatoms. The monoisotopic (exact) mass is 718 g/mol. The number of anilines is 3. The fraction of sp³-hybridized carbons (Fsp3) is 0.528. The lowest BCUT2D eigenvalue weighted by Gasteiger charge is -2.31. The Morgan fingerprint density at radius 1 is 0.843 bits per heavy atom. The number of carbonyl (C=O) groups excluding carboxylic acids is 1. The summed E-state index contributed by atoms with van der Waals surface area (Å²) < 4.78 is 83.3. The third kappa shape index (κ3) is 10.1. The highest BCUT2D eigenvalue weighted by molar-refractivity contribution is 6.01. The number of halogens is 6. The predicted octanol–water partition coefficient (Wildman–Crippen LogP) is 8.04. The van der Waals surface area contributed by atoms with E-state index in [-0.39, 0.29) is 41.3 Å². The normalized spacial score (nSPS) is 15.1. The first-order chi connectivity index (χ1) is 23.7. The lowest BCUT2D eigenvalue weighted by atomic mass is 10.0. The van der Waals surface area contributed by atoms with Gasteiger partial charge >= 0.3 is 12.4 Å². The second kappa shape index (κ2) is 14.3. The number of alkyl halides is 6. The maximum absolute atomic E-state index is 13.9. The molecule has 3 aromatic rings. The SMILES string of the molecule is CC(=N)c1cc(CN(Cc2cc(C(F)(F)F)cc(C(F)(F)F)c2)c2ncc(C(=O)N(C)C)cn2)c(N(CC2CC2)CC2CC2)nc1NC(C)(C)C. The molecule has 51 heavy (non-hydrogen) atoms. The van der Waals surface area contributed by atoms with Gasteiger partial charge in [-0.25, -0.2) is 15.0 Å². The van der Waals surface area contributed by atoms with Gasteiger partial charge in [0.25, 0.3) is 5.91 Å². The van der Waals surface area contributed by atoms with Crippen molar-refractivity contribution in [2.45, 2.75) is 84.4 Å². The fourth-order valence-electron chi connectivity index (χ4n) is 5.73. The minimum Gasteiger partial charge on any atom is -0.365 e. The molecule has 0 radical (unpaired) electrons. The maximum Gasteiger partial charge on any atom is 0.416 e. The van der Waals surface area contributed by atoms with Gasteiger partial charge in [0, 0.05) is 75.0 Å². The first-order valence-electron chi connectivity index (χ1n) is 16.9. The number of carbonyl (C=O) groups is 1. The Balaban J connectivity index is 1.66. The van der Waals surface area contributed by atoms with Crippen molar-refractivity contribution in [2.24, 2.45) is 11.8 Å². The van der Waals surface area contributed by atoms with Crippen molar-refractivity contribution in [1.29, 1.82) is 5.41 Å². The van der Waals surface area contributed by atoms with E-state index in [0.717, 1.165) is 38.8 Å². The van der Waals surface area contributed by atoms with E-state index in [0.29, 0.717) is 46.7 Å². The van der Waals surface area contributed by atoms with E-state index in [1.807, 2.05) is 26.8 Å². The molecule has 2 aromatic heterocycles. The maximum atomic E-state index is 13.9. The van der Waals surface area contributed by atoms with Crippen LogP contribution in [0.3, 0.4) is 0 Å². The minimum atomic E-state index is -5.03. The van der Waals surface area contributed by atoms with E-state index < -0.39 is 35.6 Å². The van der Waals surface area contributed by atoms with Crippen molar-refractivity contribution >= 4 is 29.2 Å². The van der Waals surface area contributed by atoms with Crippen LogP contribution in [0.25, 0.3) is 0 Å². The number of pyridine rings is 1. The zero-order valence-corrected chi connectivity index (χ0v) is 29.6. The van der Waals surface area contributed by atoms with Crippen LogP contribution in [-0.4, -0.2) is 64.2 Å². The average Bonchev–Trinajstić information content (AvgIpc) is 3.96. The largest absolute Gasteiger partial charge is 0.416 e. The Hall–Kier alpha value is -4.43. The van der Waals surface area contributed by atoms with Crippen LogP contribution >= 0.6 is 0 Å². The third-order valence-corrected chi connectivity index (χ3v) is 8.58. The number of nitrogens with one attached hydrogen (secondary N) is 2. The second-order valence-electron chi connectivity index (χ2n) is 14.9. The van der Waals surface area contributed by atoms with Crippen LogP contribution in [0, 0.1) is 17.2 Å². The molecular formula is C36H44F6N8O. The molecule has 2 heterocycles. The highest BCUT2D eigenvalue weighted by Gasteiger charge is 2.37. The number of amides is 1. The number of benzene rings is 1. The van der Waals surface area contributed by atoms with Crippen LogP contribution < -0.4 is 15.1 Å². The van der Waals surface area contributed by atoms with E-state index in [9.17, 15) is 31.1 Å². The summed E-state index contributed by atoms with van der Waals surface area (Å²) in [5.74, 6) is 1.70. The molecule has 0 bridgehead atoms. The smallest absolute Gasteiger partial charge is 0.365 e. The lowest BCUT2D eigenvalue weighted by Crippen LogP contribution is -2.34. The Morgan fingerprint density at radius 2 is 1.37 bits per heavy atom. The van der Waals surface area contributed by atoms with Crippen molar-refractivity contribution in [3.8, 4) is 0 Å². The van der Waals surface area contributed by atoms with Gasteiger partial charge in [0.15, 0.2) is 0 Å². The van der Waals surface area contributed by atoms with Gasteiger partial charge in [-0.15, -0.1) is 0 Å². The average molecular weight is 719 g/mol. The standard InChI is InChI=1S/C36H44F6N8O/c1-21(43)29-13-25(31(46-30(29)47-34(2,3)4)49(17-22-7-8-22)18-23-9-10-23)20-50(33-44-15-26(16-45-33)32(51)48(5)6)19-24-11-27(35(37,38)39)14-28(12-24)36(40,41)42/h11-16,22-23,43H,7-10,17-20H2,1-6H3,(H,46,47). The molecule has 1 aromatic carbocycles. The highest BCUT2D eigenvalue weighted by Crippen LogP contribution is 2.39. The molecule has 5 rings (SSSR count). The van der Waals surface area contributed by atoms with Crippen LogP contribution in [0.4, 0.5) is 43.9 Å². The Kier molecular flexibility index (Phi) is 10.6. The highest BCUT2D eigenvalue weighted by atomic mass is 19.4. The zero-order valence-electron chi connectivity index (χ0n) is 29.6. The van der Waals surface area contributed by atoms with Crippen molar-refractivity contribution in [2.75, 3.05) is 42.3 Å². The Bertz CT molecular complexity index is 1700. The fourth-order valence-corrected chi connectivity index (χ4v) is 5.73. The van der Waals surface area contributed by atoms with Crippen LogP contribution in [0.15, 0.2) is 36.7 Å². The molecule has 0 unspecified atom stereocenters. The van der Waals surface area contributed by atoms with E-state index in [4.69, 9.17) is 10.4 Å². The number of hydrogen-bond acceptors (Lipinski definition) is 8. The third-order valence-electron chi connectivity index (χ3n) is 8.58. The van der Waals surface area contributed by atoms with Gasteiger partial charge in [-0.1, -0.05) is 0 Å². The number of hydrogen-bond donors (Lipinski definition) is 2. The summed E-state index contributed by atoms with van der Waals surface area (Å²) in [5, 5.41) is 12.0. The zero-order chi connectivity index (χ0) is 37.5. The summed E-state index contributed by atoms with van der Waals surface area (Å²) in [4.78, 5) is 31.5. The van der Waals surface area contributed by atoms with E-state index >= 15 is 0 Å². The summed E-state index contributed by atoms with van der Waals surface area (Å²) in [6.45, 7) is 8.55. The van der Waals surface area contributed by atoms with Crippen LogP contribution in [0.1, 0.15) is 91.6 Å². The van der Waals surface area contributed by atoms with Crippen molar-refractivity contribution in [3.05, 3.63) is 70.0 Å². The quantitative estimate of drug-likeness (QED) is 0.136. The molecular weight excluding hydrogens is 674 g/mol. The van der Waals surface area contributed by atoms with E-state index in [2.05, 4.69) is 20.2 Å². The lowest BCUT2D eigenvalue weighted by molar-refractivity contribution is -0.143. The van der Waals surface area contributed by atoms with Crippen molar-refractivity contribution in [1.82, 2.24) is 19.9 Å². The van der Waals surface area contributed by atoms with Crippen LogP contribution in [0.2, 0.25) is 0 Å². The van der Waals surface area contributed by atoms with Gasteiger partial charge in [0.2, 0.25) is 5.95 Å². The first kappa shape index (κ1) is 37.8. The molecule has 9 nitrogen and oxygen atoms in total. The molecule has 0 spiro atoms. The van der Waals surface area contributed by atoms with E-state index in [1.54, 1.807) is 21.0 Å². The summed E-state index contributed by atoms with van der Waals surface area (Å²) in [7, 11) is 3.11. The van der Waals surface area contributed by atoms with Gasteiger partial charge in [0.05, 0.1) is 16.7 Å². The number of aromatic nitrogens is 3. The first-order valence-corrected chi connectivity index (χ1v) is 16.9. The number of nitrogens with zero attached hydrogens (tertiary/aromatic N) is 6. The second-order valence-corrected chi connectivity index (χ2v) is 14.9. The van der Waals surface area contributed by atoms with Gasteiger partial charge in [0.1, 0.15) is 11.6 Å². The minimum absolute atomic E-state index is 0.0109. The van der Waals surface area contributed by atoms with Crippen LogP contribution in [-0.2, 0) is 25.4 Å². The Labute approximate surface area is 294 Å².